The van der Waals surface area contributed by atoms with Gasteiger partial charge in [0.1, 0.15) is 6.04 Å². The van der Waals surface area contributed by atoms with E-state index in [4.69, 9.17) is 4.74 Å². The third kappa shape index (κ3) is 8.57. The van der Waals surface area contributed by atoms with E-state index < -0.39 is 22.0 Å². The lowest BCUT2D eigenvalue weighted by Gasteiger charge is -2.18. The average Bonchev–Trinajstić information content (AvgIpc) is 2.75. The smallest absolute Gasteiger partial charge is 0.310 e. The Hall–Kier alpha value is -1.88. The molecule has 0 bridgehead atoms. The van der Waals surface area contributed by atoms with Crippen LogP contribution >= 0.6 is 27.7 Å². The molecule has 0 saturated heterocycles. The minimum atomic E-state index is -3.87. The maximum Gasteiger partial charge on any atom is 0.310 e. The van der Waals surface area contributed by atoms with Gasteiger partial charge in [-0.2, -0.15) is 16.5 Å². The third-order valence-electron chi connectivity index (χ3n) is 4.37. The second-order valence-corrected chi connectivity index (χ2v) is 10.8. The Labute approximate surface area is 201 Å². The molecule has 0 unspecified atom stereocenters. The van der Waals surface area contributed by atoms with E-state index in [-0.39, 0.29) is 17.3 Å². The van der Waals surface area contributed by atoms with Gasteiger partial charge in [0.15, 0.2) is 0 Å². The lowest BCUT2D eigenvalue weighted by molar-refractivity contribution is -0.142. The number of halogens is 1. The minimum absolute atomic E-state index is 0.0879. The zero-order valence-corrected chi connectivity index (χ0v) is 21.2. The van der Waals surface area contributed by atoms with Crippen LogP contribution in [-0.2, 0) is 30.8 Å². The summed E-state index contributed by atoms with van der Waals surface area (Å²) in [5, 5.41) is 2.76. The van der Waals surface area contributed by atoms with Crippen molar-refractivity contribution in [2.75, 3.05) is 23.4 Å². The van der Waals surface area contributed by atoms with E-state index in [2.05, 4.69) is 26.0 Å². The maximum atomic E-state index is 12.9. The van der Waals surface area contributed by atoms with E-state index >= 15 is 0 Å². The lowest BCUT2D eigenvalue weighted by Crippen LogP contribution is -2.44. The van der Waals surface area contributed by atoms with Crippen molar-refractivity contribution in [2.24, 2.45) is 0 Å². The molecule has 174 valence electrons. The van der Waals surface area contributed by atoms with Gasteiger partial charge in [-0.15, -0.1) is 0 Å². The number of rotatable bonds is 12. The number of nitrogens with one attached hydrogen (secondary N) is 2. The lowest BCUT2D eigenvalue weighted by atomic mass is 10.1. The standard InChI is InChI=1S/C22H27BrN2O5S2/c1-3-30-21(26)15-16-5-9-18(10-6-16)24-22(27)20(13-14-31-4-2)25-32(28,29)19-11-7-17(23)8-12-19/h5-12,20,25H,3-4,13-15H2,1-2H3,(H,24,27)/t20-/m0/s1. The van der Waals surface area contributed by atoms with Gasteiger partial charge in [-0.3, -0.25) is 9.59 Å². The van der Waals surface area contributed by atoms with Crippen LogP contribution in [0.2, 0.25) is 0 Å². The molecule has 32 heavy (non-hydrogen) atoms. The predicted octanol–water partition coefficient (Wildman–Crippen LogP) is 3.98. The van der Waals surface area contributed by atoms with Gasteiger partial charge in [-0.25, -0.2) is 8.42 Å². The Morgan fingerprint density at radius 1 is 1.06 bits per heavy atom. The van der Waals surface area contributed by atoms with Crippen molar-refractivity contribution < 1.29 is 22.7 Å². The number of anilines is 1. The Morgan fingerprint density at radius 3 is 2.31 bits per heavy atom. The SMILES string of the molecule is CCOC(=O)Cc1ccc(NC(=O)[C@H](CCSCC)NS(=O)(=O)c2ccc(Br)cc2)cc1. The van der Waals surface area contributed by atoms with Gasteiger partial charge in [0, 0.05) is 10.2 Å². The summed E-state index contributed by atoms with van der Waals surface area (Å²) in [5.74, 6) is 0.742. The van der Waals surface area contributed by atoms with Crippen molar-refractivity contribution in [3.05, 3.63) is 58.6 Å². The highest BCUT2D eigenvalue weighted by Gasteiger charge is 2.25. The number of benzene rings is 2. The van der Waals surface area contributed by atoms with Gasteiger partial charge in [0.05, 0.1) is 17.9 Å². The molecule has 2 N–H and O–H groups in total. The van der Waals surface area contributed by atoms with Crippen LogP contribution in [0.15, 0.2) is 57.9 Å². The van der Waals surface area contributed by atoms with Crippen molar-refractivity contribution >= 4 is 55.3 Å². The van der Waals surface area contributed by atoms with E-state index in [0.29, 0.717) is 24.5 Å². The number of thioether (sulfide) groups is 1. The van der Waals surface area contributed by atoms with E-state index in [9.17, 15) is 18.0 Å². The molecule has 0 aromatic heterocycles. The van der Waals surface area contributed by atoms with Crippen molar-refractivity contribution in [1.29, 1.82) is 0 Å². The molecular weight excluding hydrogens is 516 g/mol. The van der Waals surface area contributed by atoms with Gasteiger partial charge in [0.2, 0.25) is 15.9 Å². The molecule has 2 aromatic rings. The highest BCUT2D eigenvalue weighted by molar-refractivity contribution is 9.10. The zero-order valence-electron chi connectivity index (χ0n) is 18.0. The van der Waals surface area contributed by atoms with Crippen LogP contribution in [0.4, 0.5) is 5.69 Å². The van der Waals surface area contributed by atoms with Crippen molar-refractivity contribution in [1.82, 2.24) is 4.72 Å². The average molecular weight is 544 g/mol. The molecule has 1 amide bonds. The van der Waals surface area contributed by atoms with E-state index in [1.54, 1.807) is 55.1 Å². The Kier molecular flexibility index (Phi) is 10.7. The van der Waals surface area contributed by atoms with Crippen LogP contribution in [0.25, 0.3) is 0 Å². The van der Waals surface area contributed by atoms with Crippen LogP contribution in [0.3, 0.4) is 0 Å². The Bertz CT molecular complexity index is 996. The number of hydrogen-bond acceptors (Lipinski definition) is 6. The van der Waals surface area contributed by atoms with Crippen molar-refractivity contribution in [2.45, 2.75) is 37.6 Å². The molecule has 0 radical (unpaired) electrons. The van der Waals surface area contributed by atoms with Crippen LogP contribution in [-0.4, -0.2) is 44.4 Å². The van der Waals surface area contributed by atoms with Crippen molar-refractivity contribution in [3.63, 3.8) is 0 Å². The summed E-state index contributed by atoms with van der Waals surface area (Å²) < 4.78 is 33.8. The van der Waals surface area contributed by atoms with Gasteiger partial charge in [0.25, 0.3) is 0 Å². The first-order chi connectivity index (χ1) is 15.2. The predicted molar refractivity (Wildman–Crippen MR) is 131 cm³/mol. The summed E-state index contributed by atoms with van der Waals surface area (Å²) in [6, 6.07) is 12.1. The molecule has 0 aliphatic carbocycles. The second kappa shape index (κ2) is 13.0. The fourth-order valence-electron chi connectivity index (χ4n) is 2.77. The molecule has 0 heterocycles. The quantitative estimate of drug-likeness (QED) is 0.310. The fraction of sp³-hybridized carbons (Fsp3) is 0.364. The van der Waals surface area contributed by atoms with E-state index in [1.165, 1.54) is 12.1 Å². The highest BCUT2D eigenvalue weighted by Crippen LogP contribution is 2.17. The zero-order chi connectivity index (χ0) is 23.6. The summed E-state index contributed by atoms with van der Waals surface area (Å²) in [7, 11) is -3.87. The molecule has 0 aliphatic heterocycles. The first-order valence-corrected chi connectivity index (χ1v) is 13.6. The summed E-state index contributed by atoms with van der Waals surface area (Å²) >= 11 is 4.91. The number of sulfonamides is 1. The molecule has 7 nitrogen and oxygen atoms in total. The topological polar surface area (TPSA) is 102 Å². The minimum Gasteiger partial charge on any atom is -0.466 e. The first kappa shape index (κ1) is 26.4. The molecule has 0 spiro atoms. The van der Waals surface area contributed by atoms with Gasteiger partial charge < -0.3 is 10.1 Å². The van der Waals surface area contributed by atoms with Crippen LogP contribution in [0.5, 0.6) is 0 Å². The molecule has 1 atom stereocenters. The molecular formula is C22H27BrN2O5S2. The molecule has 2 aromatic carbocycles. The van der Waals surface area contributed by atoms with Crippen LogP contribution in [0.1, 0.15) is 25.8 Å². The van der Waals surface area contributed by atoms with Gasteiger partial charge in [-0.1, -0.05) is 35.0 Å². The molecule has 10 heteroatoms. The third-order valence-corrected chi connectivity index (χ3v) is 7.32. The maximum absolute atomic E-state index is 12.9. The summed E-state index contributed by atoms with van der Waals surface area (Å²) in [5.41, 5.74) is 1.27. The van der Waals surface area contributed by atoms with E-state index in [1.807, 2.05) is 6.92 Å². The molecule has 0 saturated carbocycles. The number of esters is 1. The molecule has 0 fully saturated rings. The summed E-state index contributed by atoms with van der Waals surface area (Å²) in [6.07, 6.45) is 0.493. The van der Waals surface area contributed by atoms with E-state index in [0.717, 1.165) is 15.8 Å². The summed E-state index contributed by atoms with van der Waals surface area (Å²) in [6.45, 7) is 4.07. The molecule has 0 aliphatic rings. The fourth-order valence-corrected chi connectivity index (χ4v) is 4.96. The van der Waals surface area contributed by atoms with Crippen LogP contribution < -0.4 is 10.0 Å². The van der Waals surface area contributed by atoms with Crippen LogP contribution in [0, 0.1) is 0 Å². The Morgan fingerprint density at radius 2 is 1.72 bits per heavy atom. The van der Waals surface area contributed by atoms with Gasteiger partial charge >= 0.3 is 5.97 Å². The highest BCUT2D eigenvalue weighted by atomic mass is 79.9. The Balaban J connectivity index is 2.09. The van der Waals surface area contributed by atoms with Crippen molar-refractivity contribution in [3.8, 4) is 0 Å². The first-order valence-electron chi connectivity index (χ1n) is 10.2. The number of carbonyl (C=O) groups excluding carboxylic acids is 2. The van der Waals surface area contributed by atoms with Gasteiger partial charge in [-0.05, 0) is 66.8 Å². The second-order valence-electron chi connectivity index (χ2n) is 6.78. The number of carbonyl (C=O) groups is 2. The monoisotopic (exact) mass is 542 g/mol. The largest absolute Gasteiger partial charge is 0.466 e. The number of hydrogen-bond donors (Lipinski definition) is 2. The number of ether oxygens (including phenoxy) is 1. The molecule has 2 rings (SSSR count). The summed E-state index contributed by atoms with van der Waals surface area (Å²) in [4.78, 5) is 24.6. The number of amides is 1. The normalized spacial score (nSPS) is 12.2.